The van der Waals surface area contributed by atoms with E-state index in [1.165, 1.54) is 23.1 Å². The van der Waals surface area contributed by atoms with Gasteiger partial charge < -0.3 is 9.73 Å². The van der Waals surface area contributed by atoms with E-state index in [9.17, 15) is 0 Å². The molecule has 0 saturated carbocycles. The zero-order valence-corrected chi connectivity index (χ0v) is 9.85. The van der Waals surface area contributed by atoms with Crippen LogP contribution in [-0.2, 0) is 5.75 Å². The second-order valence-corrected chi connectivity index (χ2v) is 4.62. The summed E-state index contributed by atoms with van der Waals surface area (Å²) in [6, 6.07) is 0. The van der Waals surface area contributed by atoms with Crippen molar-refractivity contribution in [3.63, 3.8) is 0 Å². The molecule has 0 fully saturated rings. The summed E-state index contributed by atoms with van der Waals surface area (Å²) in [5, 5.41) is 20.8. The Balaban J connectivity index is 1.93. The summed E-state index contributed by atoms with van der Waals surface area (Å²) in [4.78, 5) is 0. The van der Waals surface area contributed by atoms with Crippen LogP contribution >= 0.6 is 23.1 Å². The molecule has 0 radical (unpaired) electrons. The van der Waals surface area contributed by atoms with Crippen molar-refractivity contribution >= 4 is 28.2 Å². The maximum absolute atomic E-state index is 5.22. The SMILES string of the molecule is CNc1nnc(CSc2nnc(C)o2)s1. The number of aromatic nitrogens is 4. The highest BCUT2D eigenvalue weighted by molar-refractivity contribution is 7.98. The first-order valence-corrected chi connectivity index (χ1v) is 6.01. The van der Waals surface area contributed by atoms with Gasteiger partial charge in [-0.3, -0.25) is 0 Å². The summed E-state index contributed by atoms with van der Waals surface area (Å²) >= 11 is 2.97. The summed E-state index contributed by atoms with van der Waals surface area (Å²) in [6.45, 7) is 1.76. The van der Waals surface area contributed by atoms with Crippen LogP contribution in [0.1, 0.15) is 10.9 Å². The van der Waals surface area contributed by atoms with E-state index < -0.39 is 0 Å². The van der Waals surface area contributed by atoms with Gasteiger partial charge in [-0.1, -0.05) is 23.1 Å². The third kappa shape index (κ3) is 2.66. The molecule has 0 unspecified atom stereocenters. The van der Waals surface area contributed by atoms with Gasteiger partial charge in [0.25, 0.3) is 5.22 Å². The number of thioether (sulfide) groups is 1. The minimum atomic E-state index is 0.564. The van der Waals surface area contributed by atoms with Crippen molar-refractivity contribution in [3.8, 4) is 0 Å². The zero-order valence-electron chi connectivity index (χ0n) is 8.22. The van der Waals surface area contributed by atoms with Crippen LogP contribution in [0.5, 0.6) is 0 Å². The largest absolute Gasteiger partial charge is 0.416 e. The van der Waals surface area contributed by atoms with Gasteiger partial charge in [0.05, 0.1) is 5.75 Å². The Morgan fingerprint density at radius 2 is 2.20 bits per heavy atom. The van der Waals surface area contributed by atoms with Gasteiger partial charge >= 0.3 is 0 Å². The van der Waals surface area contributed by atoms with E-state index in [4.69, 9.17) is 4.42 Å². The maximum Gasteiger partial charge on any atom is 0.276 e. The molecule has 1 N–H and O–H groups in total. The highest BCUT2D eigenvalue weighted by Gasteiger charge is 2.07. The fourth-order valence-electron chi connectivity index (χ4n) is 0.873. The molecule has 0 aliphatic carbocycles. The van der Waals surface area contributed by atoms with Crippen LogP contribution in [0.2, 0.25) is 0 Å². The second-order valence-electron chi connectivity index (χ2n) is 2.63. The Hall–Kier alpha value is -1.15. The molecule has 0 aliphatic rings. The molecule has 8 heteroatoms. The third-order valence-electron chi connectivity index (χ3n) is 1.51. The Kier molecular flexibility index (Phi) is 3.17. The quantitative estimate of drug-likeness (QED) is 0.816. The van der Waals surface area contributed by atoms with Gasteiger partial charge in [0.15, 0.2) is 0 Å². The molecule has 2 aromatic heterocycles. The fraction of sp³-hybridized carbons (Fsp3) is 0.429. The third-order valence-corrected chi connectivity index (χ3v) is 3.46. The van der Waals surface area contributed by atoms with Crippen molar-refractivity contribution in [2.45, 2.75) is 17.9 Å². The molecule has 2 heterocycles. The van der Waals surface area contributed by atoms with E-state index in [2.05, 4.69) is 25.7 Å². The molecule has 15 heavy (non-hydrogen) atoms. The number of nitrogens with zero attached hydrogens (tertiary/aromatic N) is 4. The van der Waals surface area contributed by atoms with Crippen molar-refractivity contribution in [2.24, 2.45) is 0 Å². The van der Waals surface area contributed by atoms with Gasteiger partial charge in [-0.05, 0) is 0 Å². The standard InChI is InChI=1S/C7H9N5OS2/c1-4-9-12-7(13-4)14-3-5-10-11-6(8-2)15-5/h3H2,1-2H3,(H,8,11). The van der Waals surface area contributed by atoms with Gasteiger partial charge in [-0.25, -0.2) is 0 Å². The lowest BCUT2D eigenvalue weighted by Gasteiger charge is -1.89. The maximum atomic E-state index is 5.22. The predicted molar refractivity (Wildman–Crippen MR) is 58.1 cm³/mol. The molecule has 0 spiro atoms. The van der Waals surface area contributed by atoms with Crippen molar-refractivity contribution in [1.82, 2.24) is 20.4 Å². The Morgan fingerprint density at radius 3 is 2.80 bits per heavy atom. The fourth-order valence-corrected chi connectivity index (χ4v) is 2.36. The smallest absolute Gasteiger partial charge is 0.276 e. The van der Waals surface area contributed by atoms with Crippen molar-refractivity contribution < 1.29 is 4.42 Å². The first-order valence-electron chi connectivity index (χ1n) is 4.21. The first kappa shape index (κ1) is 10.4. The number of rotatable bonds is 4. The van der Waals surface area contributed by atoms with Crippen molar-refractivity contribution in [2.75, 3.05) is 12.4 Å². The normalized spacial score (nSPS) is 10.5. The van der Waals surface area contributed by atoms with E-state index in [0.717, 1.165) is 10.1 Å². The minimum Gasteiger partial charge on any atom is -0.416 e. The van der Waals surface area contributed by atoms with Crippen LogP contribution in [0.3, 0.4) is 0 Å². The topological polar surface area (TPSA) is 76.7 Å². The summed E-state index contributed by atoms with van der Waals surface area (Å²) < 4.78 is 5.22. The van der Waals surface area contributed by atoms with Crippen LogP contribution in [0.4, 0.5) is 5.13 Å². The zero-order chi connectivity index (χ0) is 10.7. The van der Waals surface area contributed by atoms with E-state index in [1.807, 2.05) is 7.05 Å². The van der Waals surface area contributed by atoms with Crippen LogP contribution < -0.4 is 5.32 Å². The van der Waals surface area contributed by atoms with E-state index in [1.54, 1.807) is 6.92 Å². The van der Waals surface area contributed by atoms with Gasteiger partial charge in [0.1, 0.15) is 5.01 Å². The lowest BCUT2D eigenvalue weighted by Crippen LogP contribution is -1.84. The Bertz CT molecular complexity index is 440. The number of hydrogen-bond donors (Lipinski definition) is 1. The molecule has 0 amide bonds. The number of nitrogens with one attached hydrogen (secondary N) is 1. The Labute approximate surface area is 94.5 Å². The highest BCUT2D eigenvalue weighted by Crippen LogP contribution is 2.24. The molecule has 80 valence electrons. The second kappa shape index (κ2) is 4.58. The molecule has 0 aromatic carbocycles. The van der Waals surface area contributed by atoms with Gasteiger partial charge in [0.2, 0.25) is 11.0 Å². The lowest BCUT2D eigenvalue weighted by molar-refractivity contribution is 0.429. The molecule has 2 rings (SSSR count). The minimum absolute atomic E-state index is 0.564. The molecule has 0 bridgehead atoms. The average molecular weight is 243 g/mol. The van der Waals surface area contributed by atoms with Gasteiger partial charge in [-0.15, -0.1) is 20.4 Å². The van der Waals surface area contributed by atoms with E-state index >= 15 is 0 Å². The molecule has 2 aromatic rings. The predicted octanol–water partition coefficient (Wildman–Crippen LogP) is 1.56. The molecule has 0 saturated heterocycles. The summed E-state index contributed by atoms with van der Waals surface area (Å²) in [7, 11) is 1.82. The number of aryl methyl sites for hydroxylation is 1. The highest BCUT2D eigenvalue weighted by atomic mass is 32.2. The number of anilines is 1. The van der Waals surface area contributed by atoms with Crippen LogP contribution in [-0.4, -0.2) is 27.4 Å². The summed E-state index contributed by atoms with van der Waals surface area (Å²) in [5.41, 5.74) is 0. The van der Waals surface area contributed by atoms with Gasteiger partial charge in [0, 0.05) is 14.0 Å². The van der Waals surface area contributed by atoms with Crippen molar-refractivity contribution in [3.05, 3.63) is 10.9 Å². The summed E-state index contributed by atoms with van der Waals surface area (Å²) in [6.07, 6.45) is 0. The average Bonchev–Trinajstić information content (AvgIpc) is 2.83. The van der Waals surface area contributed by atoms with Crippen LogP contribution in [0.15, 0.2) is 9.64 Å². The van der Waals surface area contributed by atoms with Gasteiger partial charge in [-0.2, -0.15) is 0 Å². The van der Waals surface area contributed by atoms with E-state index in [-0.39, 0.29) is 0 Å². The Morgan fingerprint density at radius 1 is 1.33 bits per heavy atom. The first-order chi connectivity index (χ1) is 7.28. The molecule has 0 aliphatic heterocycles. The molecule has 0 atom stereocenters. The van der Waals surface area contributed by atoms with Crippen molar-refractivity contribution in [1.29, 1.82) is 0 Å². The monoisotopic (exact) mass is 243 g/mol. The number of hydrogen-bond acceptors (Lipinski definition) is 8. The van der Waals surface area contributed by atoms with Crippen LogP contribution in [0.25, 0.3) is 0 Å². The van der Waals surface area contributed by atoms with Crippen LogP contribution in [0, 0.1) is 6.92 Å². The van der Waals surface area contributed by atoms with E-state index in [0.29, 0.717) is 16.9 Å². The lowest BCUT2D eigenvalue weighted by atomic mass is 10.8. The molecule has 6 nitrogen and oxygen atoms in total. The molecular weight excluding hydrogens is 234 g/mol. The summed E-state index contributed by atoms with van der Waals surface area (Å²) in [5.74, 6) is 1.27. The molecular formula is C7H9N5OS2.